The van der Waals surface area contributed by atoms with Gasteiger partial charge in [0.2, 0.25) is 5.91 Å². The fourth-order valence-corrected chi connectivity index (χ4v) is 1.63. The van der Waals surface area contributed by atoms with Crippen molar-refractivity contribution in [3.63, 3.8) is 0 Å². The van der Waals surface area contributed by atoms with E-state index in [0.717, 1.165) is 0 Å². The second kappa shape index (κ2) is 8.57. The summed E-state index contributed by atoms with van der Waals surface area (Å²) in [6, 6.07) is 6.65. The third-order valence-corrected chi connectivity index (χ3v) is 2.62. The largest absolute Gasteiger partial charge is 0.481 e. The van der Waals surface area contributed by atoms with E-state index >= 15 is 0 Å². The fraction of sp³-hybridized carbons (Fsp3) is 0.357. The molecule has 2 amide bonds. The van der Waals surface area contributed by atoms with Gasteiger partial charge in [0.1, 0.15) is 0 Å². The van der Waals surface area contributed by atoms with E-state index in [0.29, 0.717) is 24.2 Å². The maximum absolute atomic E-state index is 11.7. The quantitative estimate of drug-likeness (QED) is 0.670. The minimum Gasteiger partial charge on any atom is -0.481 e. The second-order valence-electron chi connectivity index (χ2n) is 4.35. The predicted octanol–water partition coefficient (Wildman–Crippen LogP) is 2.45. The van der Waals surface area contributed by atoms with Crippen LogP contribution in [-0.2, 0) is 14.3 Å². The van der Waals surface area contributed by atoms with E-state index in [2.05, 4.69) is 15.4 Å². The summed E-state index contributed by atoms with van der Waals surface area (Å²) in [7, 11) is 1.26. The number of carbonyl (C=O) groups excluding carboxylic acids is 2. The first-order valence-corrected chi connectivity index (χ1v) is 6.48. The summed E-state index contributed by atoms with van der Waals surface area (Å²) < 4.78 is 4.47. The first-order chi connectivity index (χ1) is 10.0. The smallest absolute Gasteiger partial charge is 0.411 e. The molecule has 0 unspecified atom stereocenters. The molecule has 114 valence electrons. The average Bonchev–Trinajstić information content (AvgIpc) is 2.43. The highest BCUT2D eigenvalue weighted by atomic mass is 16.5. The van der Waals surface area contributed by atoms with Crippen molar-refractivity contribution in [1.29, 1.82) is 0 Å². The van der Waals surface area contributed by atoms with Crippen LogP contribution in [0, 0.1) is 0 Å². The lowest BCUT2D eigenvalue weighted by atomic mass is 10.2. The van der Waals surface area contributed by atoms with E-state index < -0.39 is 12.1 Å². The number of benzene rings is 1. The van der Waals surface area contributed by atoms with Crippen LogP contribution in [0.5, 0.6) is 0 Å². The normalized spacial score (nSPS) is 9.76. The van der Waals surface area contributed by atoms with Gasteiger partial charge in [-0.25, -0.2) is 4.79 Å². The Bertz CT molecular complexity index is 516. The van der Waals surface area contributed by atoms with Gasteiger partial charge in [0, 0.05) is 24.2 Å². The van der Waals surface area contributed by atoms with Crippen molar-refractivity contribution >= 4 is 29.3 Å². The number of anilines is 2. The number of rotatable bonds is 7. The molecule has 0 spiro atoms. The summed E-state index contributed by atoms with van der Waals surface area (Å²) >= 11 is 0. The van der Waals surface area contributed by atoms with E-state index in [4.69, 9.17) is 5.11 Å². The molecule has 0 saturated heterocycles. The molecule has 0 aliphatic rings. The van der Waals surface area contributed by atoms with Crippen LogP contribution in [0.3, 0.4) is 0 Å². The van der Waals surface area contributed by atoms with Crippen LogP contribution in [0.1, 0.15) is 25.7 Å². The standard InChI is InChI=1S/C14H18N2O5/c1-21-14(20)16-11-6-4-5-10(9-11)15-12(17)7-2-3-8-13(18)19/h4-6,9H,2-3,7-8H2,1H3,(H,15,17)(H,16,20)(H,18,19). The molecule has 0 saturated carbocycles. The van der Waals surface area contributed by atoms with Gasteiger partial charge in [0.05, 0.1) is 7.11 Å². The highest BCUT2D eigenvalue weighted by Gasteiger charge is 2.05. The zero-order valence-electron chi connectivity index (χ0n) is 11.7. The van der Waals surface area contributed by atoms with Crippen LogP contribution in [0.15, 0.2) is 24.3 Å². The van der Waals surface area contributed by atoms with Crippen molar-refractivity contribution in [2.45, 2.75) is 25.7 Å². The molecule has 0 heterocycles. The third-order valence-electron chi connectivity index (χ3n) is 2.62. The van der Waals surface area contributed by atoms with Crippen LogP contribution in [0.25, 0.3) is 0 Å². The zero-order valence-corrected chi connectivity index (χ0v) is 11.7. The number of amides is 2. The Morgan fingerprint density at radius 3 is 2.33 bits per heavy atom. The Balaban J connectivity index is 2.43. The van der Waals surface area contributed by atoms with Gasteiger partial charge < -0.3 is 15.2 Å². The molecule has 0 atom stereocenters. The predicted molar refractivity (Wildman–Crippen MR) is 77.2 cm³/mol. The maximum atomic E-state index is 11.7. The van der Waals surface area contributed by atoms with E-state index in [1.54, 1.807) is 24.3 Å². The van der Waals surface area contributed by atoms with Crippen LogP contribution >= 0.6 is 0 Å². The van der Waals surface area contributed by atoms with E-state index in [1.807, 2.05) is 0 Å². The first kappa shape index (κ1) is 16.5. The molecule has 7 nitrogen and oxygen atoms in total. The monoisotopic (exact) mass is 294 g/mol. The molecule has 3 N–H and O–H groups in total. The number of methoxy groups -OCH3 is 1. The third kappa shape index (κ3) is 6.95. The van der Waals surface area contributed by atoms with E-state index in [1.165, 1.54) is 7.11 Å². The van der Waals surface area contributed by atoms with Gasteiger partial charge in [-0.1, -0.05) is 6.07 Å². The molecule has 0 aromatic heterocycles. The highest BCUT2D eigenvalue weighted by Crippen LogP contribution is 2.16. The van der Waals surface area contributed by atoms with Crippen molar-refractivity contribution in [3.05, 3.63) is 24.3 Å². The summed E-state index contributed by atoms with van der Waals surface area (Å²) in [5.41, 5.74) is 1.05. The van der Waals surface area contributed by atoms with Crippen LogP contribution in [0.2, 0.25) is 0 Å². The highest BCUT2D eigenvalue weighted by molar-refractivity contribution is 5.92. The Morgan fingerprint density at radius 1 is 1.10 bits per heavy atom. The molecule has 1 rings (SSSR count). The number of carboxylic acid groups (broad SMARTS) is 1. The lowest BCUT2D eigenvalue weighted by Crippen LogP contribution is -2.13. The van der Waals surface area contributed by atoms with Crippen molar-refractivity contribution in [3.8, 4) is 0 Å². The lowest BCUT2D eigenvalue weighted by molar-refractivity contribution is -0.137. The second-order valence-corrected chi connectivity index (χ2v) is 4.35. The molecular weight excluding hydrogens is 276 g/mol. The fourth-order valence-electron chi connectivity index (χ4n) is 1.63. The molecule has 0 radical (unpaired) electrons. The zero-order chi connectivity index (χ0) is 15.7. The lowest BCUT2D eigenvalue weighted by Gasteiger charge is -2.08. The number of unbranched alkanes of at least 4 members (excludes halogenated alkanes) is 1. The van der Waals surface area contributed by atoms with Crippen molar-refractivity contribution < 1.29 is 24.2 Å². The van der Waals surface area contributed by atoms with Gasteiger partial charge in [-0.15, -0.1) is 0 Å². The van der Waals surface area contributed by atoms with Crippen LogP contribution in [0.4, 0.5) is 16.2 Å². The number of carbonyl (C=O) groups is 3. The number of hydrogen-bond donors (Lipinski definition) is 3. The van der Waals surface area contributed by atoms with Gasteiger partial charge in [0.25, 0.3) is 0 Å². The molecule has 1 aromatic carbocycles. The van der Waals surface area contributed by atoms with Gasteiger partial charge in [0.15, 0.2) is 0 Å². The van der Waals surface area contributed by atoms with Crippen molar-refractivity contribution in [2.75, 3.05) is 17.7 Å². The van der Waals surface area contributed by atoms with Crippen LogP contribution in [-0.4, -0.2) is 30.2 Å². The van der Waals surface area contributed by atoms with E-state index in [-0.39, 0.29) is 18.7 Å². The summed E-state index contributed by atoms with van der Waals surface area (Å²) in [5, 5.41) is 13.7. The number of carboxylic acids is 1. The molecule has 0 fully saturated rings. The molecule has 0 bridgehead atoms. The number of hydrogen-bond acceptors (Lipinski definition) is 4. The van der Waals surface area contributed by atoms with Crippen molar-refractivity contribution in [2.24, 2.45) is 0 Å². The minimum atomic E-state index is -0.864. The van der Waals surface area contributed by atoms with Gasteiger partial charge in [-0.3, -0.25) is 14.9 Å². The molecule has 0 aliphatic carbocycles. The maximum Gasteiger partial charge on any atom is 0.411 e. The number of nitrogens with one attached hydrogen (secondary N) is 2. The topological polar surface area (TPSA) is 105 Å². The number of aliphatic carboxylic acids is 1. The molecular formula is C14H18N2O5. The Morgan fingerprint density at radius 2 is 1.71 bits per heavy atom. The molecule has 21 heavy (non-hydrogen) atoms. The number of ether oxygens (including phenoxy) is 1. The van der Waals surface area contributed by atoms with Crippen LogP contribution < -0.4 is 10.6 Å². The Labute approximate surface area is 122 Å². The first-order valence-electron chi connectivity index (χ1n) is 6.48. The average molecular weight is 294 g/mol. The summed E-state index contributed by atoms with van der Waals surface area (Å²) in [6.45, 7) is 0. The van der Waals surface area contributed by atoms with Crippen molar-refractivity contribution in [1.82, 2.24) is 0 Å². The SMILES string of the molecule is COC(=O)Nc1cccc(NC(=O)CCCCC(=O)O)c1. The summed E-state index contributed by atoms with van der Waals surface area (Å²) in [6.07, 6.45) is 0.700. The molecule has 7 heteroatoms. The van der Waals surface area contributed by atoms with Gasteiger partial charge in [-0.2, -0.15) is 0 Å². The van der Waals surface area contributed by atoms with Gasteiger partial charge in [-0.05, 0) is 31.0 Å². The minimum absolute atomic E-state index is 0.0613. The Hall–Kier alpha value is -2.57. The molecule has 1 aromatic rings. The Kier molecular flexibility index (Phi) is 6.73. The molecule has 0 aliphatic heterocycles. The van der Waals surface area contributed by atoms with E-state index in [9.17, 15) is 14.4 Å². The van der Waals surface area contributed by atoms with Gasteiger partial charge >= 0.3 is 12.1 Å². The summed E-state index contributed by atoms with van der Waals surface area (Å²) in [4.78, 5) is 33.1. The summed E-state index contributed by atoms with van der Waals surface area (Å²) in [5.74, 6) is -1.06.